The van der Waals surface area contributed by atoms with Crippen LogP contribution in [-0.2, 0) is 0 Å². The first-order valence-electron chi connectivity index (χ1n) is 6.21. The third kappa shape index (κ3) is 2.67. The van der Waals surface area contributed by atoms with Crippen LogP contribution in [0.2, 0.25) is 0 Å². The predicted octanol–water partition coefficient (Wildman–Crippen LogP) is 1.98. The summed E-state index contributed by atoms with van der Waals surface area (Å²) in [7, 11) is 0. The molecule has 0 spiro atoms. The first kappa shape index (κ1) is 12.1. The molecule has 0 heterocycles. The van der Waals surface area contributed by atoms with Gasteiger partial charge in [0.2, 0.25) is 0 Å². The Morgan fingerprint density at radius 1 is 1.47 bits per heavy atom. The molecule has 0 unspecified atom stereocenters. The quantitative estimate of drug-likeness (QED) is 0.864. The molecule has 1 aromatic rings. The number of hydrogen-bond donors (Lipinski definition) is 1. The Labute approximate surface area is 102 Å². The highest BCUT2D eigenvalue weighted by molar-refractivity contribution is 5.94. The summed E-state index contributed by atoms with van der Waals surface area (Å²) in [6.07, 6.45) is 3.32. The van der Waals surface area contributed by atoms with E-state index in [9.17, 15) is 4.79 Å². The van der Waals surface area contributed by atoms with Gasteiger partial charge in [0.05, 0.1) is 6.61 Å². The number of benzene rings is 1. The van der Waals surface area contributed by atoms with Crippen molar-refractivity contribution in [3.05, 3.63) is 35.4 Å². The van der Waals surface area contributed by atoms with Gasteiger partial charge in [0.25, 0.3) is 5.91 Å². The van der Waals surface area contributed by atoms with Crippen molar-refractivity contribution >= 4 is 5.91 Å². The molecule has 1 aliphatic carbocycles. The van der Waals surface area contributed by atoms with E-state index in [2.05, 4.69) is 0 Å². The zero-order valence-electron chi connectivity index (χ0n) is 10.2. The van der Waals surface area contributed by atoms with E-state index in [4.69, 9.17) is 5.11 Å². The van der Waals surface area contributed by atoms with Crippen LogP contribution in [-0.4, -0.2) is 35.1 Å². The second kappa shape index (κ2) is 5.32. The molecular weight excluding hydrogens is 214 g/mol. The van der Waals surface area contributed by atoms with Gasteiger partial charge in [-0.1, -0.05) is 17.7 Å². The number of rotatable bonds is 4. The second-order valence-corrected chi connectivity index (χ2v) is 4.68. The van der Waals surface area contributed by atoms with Crippen LogP contribution in [0.1, 0.15) is 35.2 Å². The average Bonchev–Trinajstić information content (AvgIpc) is 2.25. The number of amides is 1. The summed E-state index contributed by atoms with van der Waals surface area (Å²) in [6.45, 7) is 2.46. The maximum absolute atomic E-state index is 12.3. The van der Waals surface area contributed by atoms with Crippen LogP contribution in [0.15, 0.2) is 24.3 Å². The van der Waals surface area contributed by atoms with Gasteiger partial charge in [0.15, 0.2) is 0 Å². The summed E-state index contributed by atoms with van der Waals surface area (Å²) in [5.41, 5.74) is 1.82. The fourth-order valence-electron chi connectivity index (χ4n) is 2.20. The van der Waals surface area contributed by atoms with Crippen LogP contribution in [0.25, 0.3) is 0 Å². The Hall–Kier alpha value is -1.35. The minimum atomic E-state index is 0.0358. The molecule has 1 aliphatic rings. The van der Waals surface area contributed by atoms with Crippen molar-refractivity contribution in [2.75, 3.05) is 13.2 Å². The highest BCUT2D eigenvalue weighted by atomic mass is 16.3. The summed E-state index contributed by atoms with van der Waals surface area (Å²) in [5.74, 6) is 0.0486. The number of aryl methyl sites for hydroxylation is 1. The Balaban J connectivity index is 2.15. The highest BCUT2D eigenvalue weighted by Crippen LogP contribution is 2.26. The minimum absolute atomic E-state index is 0.0358. The van der Waals surface area contributed by atoms with Crippen LogP contribution < -0.4 is 0 Å². The Bertz CT molecular complexity index is 399. The SMILES string of the molecule is Cc1cccc(C(=O)N(CCO)C2CCC2)c1. The topological polar surface area (TPSA) is 40.5 Å². The van der Waals surface area contributed by atoms with Gasteiger partial charge in [-0.15, -0.1) is 0 Å². The lowest BCUT2D eigenvalue weighted by atomic mass is 9.91. The standard InChI is InChI=1S/C14H19NO2/c1-11-4-2-5-12(10-11)14(17)15(8-9-16)13-6-3-7-13/h2,4-5,10,13,16H,3,6-9H2,1H3. The van der Waals surface area contributed by atoms with Crippen molar-refractivity contribution < 1.29 is 9.90 Å². The van der Waals surface area contributed by atoms with Crippen molar-refractivity contribution in [3.63, 3.8) is 0 Å². The highest BCUT2D eigenvalue weighted by Gasteiger charge is 2.28. The Morgan fingerprint density at radius 2 is 2.24 bits per heavy atom. The lowest BCUT2D eigenvalue weighted by molar-refractivity contribution is 0.0525. The average molecular weight is 233 g/mol. The maximum Gasteiger partial charge on any atom is 0.254 e. The molecule has 1 fully saturated rings. The molecule has 0 aromatic heterocycles. The lowest BCUT2D eigenvalue weighted by Gasteiger charge is -2.37. The molecule has 1 saturated carbocycles. The smallest absolute Gasteiger partial charge is 0.254 e. The van der Waals surface area contributed by atoms with Gasteiger partial charge in [0.1, 0.15) is 0 Å². The van der Waals surface area contributed by atoms with Gasteiger partial charge in [-0.05, 0) is 38.3 Å². The van der Waals surface area contributed by atoms with E-state index < -0.39 is 0 Å². The van der Waals surface area contributed by atoms with E-state index in [1.54, 1.807) is 0 Å². The van der Waals surface area contributed by atoms with Gasteiger partial charge in [-0.3, -0.25) is 4.79 Å². The van der Waals surface area contributed by atoms with Gasteiger partial charge in [0, 0.05) is 18.2 Å². The van der Waals surface area contributed by atoms with E-state index >= 15 is 0 Å². The molecule has 92 valence electrons. The molecule has 0 radical (unpaired) electrons. The second-order valence-electron chi connectivity index (χ2n) is 4.68. The first-order valence-corrected chi connectivity index (χ1v) is 6.21. The maximum atomic E-state index is 12.3. The van der Waals surface area contributed by atoms with Crippen molar-refractivity contribution in [3.8, 4) is 0 Å². The van der Waals surface area contributed by atoms with E-state index in [0.717, 1.165) is 24.0 Å². The van der Waals surface area contributed by atoms with Gasteiger partial charge in [-0.2, -0.15) is 0 Å². The third-order valence-electron chi connectivity index (χ3n) is 3.38. The molecule has 1 N–H and O–H groups in total. The molecule has 0 aliphatic heterocycles. The minimum Gasteiger partial charge on any atom is -0.395 e. The zero-order valence-corrected chi connectivity index (χ0v) is 10.2. The largest absolute Gasteiger partial charge is 0.395 e. The molecule has 0 bridgehead atoms. The van der Waals surface area contributed by atoms with Crippen LogP contribution in [0.4, 0.5) is 0 Å². The summed E-state index contributed by atoms with van der Waals surface area (Å²) in [5, 5.41) is 9.06. The molecule has 3 heteroatoms. The van der Waals surface area contributed by atoms with Crippen molar-refractivity contribution in [2.45, 2.75) is 32.2 Å². The van der Waals surface area contributed by atoms with E-state index in [0.29, 0.717) is 12.6 Å². The molecule has 0 atom stereocenters. The van der Waals surface area contributed by atoms with E-state index in [1.807, 2.05) is 36.1 Å². The van der Waals surface area contributed by atoms with Crippen LogP contribution in [0.5, 0.6) is 0 Å². The number of carbonyl (C=O) groups excluding carboxylic acids is 1. The summed E-state index contributed by atoms with van der Waals surface area (Å²) in [4.78, 5) is 14.2. The molecular formula is C14H19NO2. The summed E-state index contributed by atoms with van der Waals surface area (Å²) < 4.78 is 0. The van der Waals surface area contributed by atoms with Crippen molar-refractivity contribution in [2.24, 2.45) is 0 Å². The van der Waals surface area contributed by atoms with Crippen LogP contribution >= 0.6 is 0 Å². The van der Waals surface area contributed by atoms with Crippen LogP contribution in [0.3, 0.4) is 0 Å². The normalized spacial score (nSPS) is 15.4. The van der Waals surface area contributed by atoms with Gasteiger partial charge >= 0.3 is 0 Å². The first-order chi connectivity index (χ1) is 8.22. The third-order valence-corrected chi connectivity index (χ3v) is 3.38. The Kier molecular flexibility index (Phi) is 3.79. The zero-order chi connectivity index (χ0) is 12.3. The molecule has 2 rings (SSSR count). The number of aliphatic hydroxyl groups excluding tert-OH is 1. The number of nitrogens with zero attached hydrogens (tertiary/aromatic N) is 1. The fraction of sp³-hybridized carbons (Fsp3) is 0.500. The molecule has 0 saturated heterocycles. The predicted molar refractivity (Wildman–Crippen MR) is 66.9 cm³/mol. The monoisotopic (exact) mass is 233 g/mol. The van der Waals surface area contributed by atoms with Crippen LogP contribution in [0, 0.1) is 6.92 Å². The Morgan fingerprint density at radius 3 is 2.76 bits per heavy atom. The van der Waals surface area contributed by atoms with E-state index in [-0.39, 0.29) is 12.5 Å². The molecule has 17 heavy (non-hydrogen) atoms. The van der Waals surface area contributed by atoms with Crippen molar-refractivity contribution in [1.29, 1.82) is 0 Å². The van der Waals surface area contributed by atoms with Crippen molar-refractivity contribution in [1.82, 2.24) is 4.90 Å². The fourth-order valence-corrected chi connectivity index (χ4v) is 2.20. The number of aliphatic hydroxyl groups is 1. The number of carbonyl (C=O) groups is 1. The molecule has 3 nitrogen and oxygen atoms in total. The van der Waals surface area contributed by atoms with E-state index in [1.165, 1.54) is 6.42 Å². The van der Waals surface area contributed by atoms with Gasteiger partial charge < -0.3 is 10.0 Å². The molecule has 1 aromatic carbocycles. The lowest BCUT2D eigenvalue weighted by Crippen LogP contribution is -2.45. The number of hydrogen-bond acceptors (Lipinski definition) is 2. The van der Waals surface area contributed by atoms with Gasteiger partial charge in [-0.25, -0.2) is 0 Å². The summed E-state index contributed by atoms with van der Waals surface area (Å²) >= 11 is 0. The summed E-state index contributed by atoms with van der Waals surface area (Å²) in [6, 6.07) is 7.97. The molecule has 1 amide bonds.